The summed E-state index contributed by atoms with van der Waals surface area (Å²) in [6.45, 7) is -0.222. The third-order valence-corrected chi connectivity index (χ3v) is 3.31. The van der Waals surface area contributed by atoms with E-state index in [0.29, 0.717) is 12.1 Å². The Balaban J connectivity index is 2.00. The van der Waals surface area contributed by atoms with Gasteiger partial charge in [-0.15, -0.1) is 0 Å². The van der Waals surface area contributed by atoms with Crippen LogP contribution in [0.25, 0.3) is 11.2 Å². The van der Waals surface area contributed by atoms with Crippen molar-refractivity contribution in [2.75, 3.05) is 6.61 Å². The predicted octanol–water partition coefficient (Wildman–Crippen LogP) is -0.786. The van der Waals surface area contributed by atoms with Crippen LogP contribution in [0.4, 0.5) is 0 Å². The number of aromatic amines is 1. The summed E-state index contributed by atoms with van der Waals surface area (Å²) in [5.74, 6) is -0.366. The number of carbonyl (C=O) groups is 1. The molecule has 2 aromatic heterocycles. The third-order valence-electron chi connectivity index (χ3n) is 3.31. The van der Waals surface area contributed by atoms with E-state index in [4.69, 9.17) is 9.84 Å². The summed E-state index contributed by atoms with van der Waals surface area (Å²) in [6, 6.07) is 0. The van der Waals surface area contributed by atoms with E-state index in [9.17, 15) is 9.59 Å². The maximum atomic E-state index is 11.5. The number of aromatic nitrogens is 4. The standard InChI is InChI=1S/C11H12N4O4/c16-2-6-1-8(19-7(6)3-17)15-5-14-9-10(15)12-4-13-11(9)18/h2,4-8,17H,1,3H2,(H,12,13,18)/t6-,7-,8-/m1/s1. The number of aldehydes is 1. The average molecular weight is 264 g/mol. The molecule has 0 unspecified atom stereocenters. The van der Waals surface area contributed by atoms with Gasteiger partial charge >= 0.3 is 0 Å². The first-order valence-corrected chi connectivity index (χ1v) is 5.86. The minimum Gasteiger partial charge on any atom is -0.394 e. The monoisotopic (exact) mass is 264 g/mol. The molecule has 2 N–H and O–H groups in total. The molecule has 19 heavy (non-hydrogen) atoms. The van der Waals surface area contributed by atoms with E-state index in [2.05, 4.69) is 15.0 Å². The SMILES string of the molecule is O=C[C@H]1C[C@H](n2cnc3c(=O)[nH]cnc32)O[C@@H]1CO. The Hall–Kier alpha value is -2.06. The molecule has 0 amide bonds. The minimum atomic E-state index is -0.526. The number of aliphatic hydroxyl groups excluding tert-OH is 1. The van der Waals surface area contributed by atoms with Crippen LogP contribution in [0.2, 0.25) is 0 Å². The van der Waals surface area contributed by atoms with Crippen molar-refractivity contribution in [3.63, 3.8) is 0 Å². The fourth-order valence-electron chi connectivity index (χ4n) is 2.32. The molecule has 1 aliphatic rings. The summed E-state index contributed by atoms with van der Waals surface area (Å²) in [7, 11) is 0. The number of hydrogen-bond donors (Lipinski definition) is 2. The maximum absolute atomic E-state index is 11.5. The predicted molar refractivity (Wildman–Crippen MR) is 63.3 cm³/mol. The van der Waals surface area contributed by atoms with Crippen molar-refractivity contribution in [1.29, 1.82) is 0 Å². The van der Waals surface area contributed by atoms with E-state index < -0.39 is 12.3 Å². The Morgan fingerprint density at radius 2 is 2.42 bits per heavy atom. The van der Waals surface area contributed by atoms with Gasteiger partial charge in [-0.2, -0.15) is 0 Å². The summed E-state index contributed by atoms with van der Waals surface area (Å²) >= 11 is 0. The molecule has 8 heteroatoms. The van der Waals surface area contributed by atoms with Gasteiger partial charge in [0, 0.05) is 12.3 Å². The molecular weight excluding hydrogens is 252 g/mol. The smallest absolute Gasteiger partial charge is 0.278 e. The molecule has 3 heterocycles. The molecule has 2 aromatic rings. The zero-order chi connectivity index (χ0) is 13.4. The molecule has 100 valence electrons. The largest absolute Gasteiger partial charge is 0.394 e. The first kappa shape index (κ1) is 12.0. The Bertz CT molecular complexity index is 664. The molecule has 1 saturated heterocycles. The zero-order valence-electron chi connectivity index (χ0n) is 9.89. The Morgan fingerprint density at radius 3 is 3.11 bits per heavy atom. The van der Waals surface area contributed by atoms with Crippen molar-refractivity contribution < 1.29 is 14.6 Å². The second kappa shape index (κ2) is 4.56. The molecule has 8 nitrogen and oxygen atoms in total. The molecule has 0 saturated carbocycles. The number of rotatable bonds is 3. The molecule has 0 spiro atoms. The van der Waals surface area contributed by atoms with E-state index in [1.165, 1.54) is 12.7 Å². The Labute approximate surface area is 107 Å². The van der Waals surface area contributed by atoms with Crippen molar-refractivity contribution in [1.82, 2.24) is 19.5 Å². The van der Waals surface area contributed by atoms with Gasteiger partial charge in [-0.25, -0.2) is 9.97 Å². The topological polar surface area (TPSA) is 110 Å². The number of hydrogen-bond acceptors (Lipinski definition) is 6. The first-order chi connectivity index (χ1) is 9.24. The fourth-order valence-corrected chi connectivity index (χ4v) is 2.32. The van der Waals surface area contributed by atoms with Crippen LogP contribution >= 0.6 is 0 Å². The molecule has 1 fully saturated rings. The Morgan fingerprint density at radius 1 is 1.58 bits per heavy atom. The molecule has 0 aliphatic carbocycles. The number of ether oxygens (including phenoxy) is 1. The number of nitrogens with one attached hydrogen (secondary N) is 1. The van der Waals surface area contributed by atoms with E-state index in [0.717, 1.165) is 6.29 Å². The van der Waals surface area contributed by atoms with Crippen molar-refractivity contribution in [3.05, 3.63) is 23.0 Å². The highest BCUT2D eigenvalue weighted by Gasteiger charge is 2.36. The molecular formula is C11H12N4O4. The lowest BCUT2D eigenvalue weighted by Gasteiger charge is -2.13. The van der Waals surface area contributed by atoms with Gasteiger partial charge in [0.1, 0.15) is 12.5 Å². The second-order valence-electron chi connectivity index (χ2n) is 4.40. The highest BCUT2D eigenvalue weighted by atomic mass is 16.5. The molecule has 1 aliphatic heterocycles. The molecule has 3 rings (SSSR count). The van der Waals surface area contributed by atoms with Crippen molar-refractivity contribution in [2.24, 2.45) is 5.92 Å². The van der Waals surface area contributed by atoms with Crippen molar-refractivity contribution >= 4 is 17.5 Å². The van der Waals surface area contributed by atoms with Crippen molar-refractivity contribution in [3.8, 4) is 0 Å². The first-order valence-electron chi connectivity index (χ1n) is 5.86. The van der Waals surface area contributed by atoms with E-state index in [1.54, 1.807) is 4.57 Å². The van der Waals surface area contributed by atoms with Crippen LogP contribution in [-0.4, -0.2) is 43.6 Å². The van der Waals surface area contributed by atoms with E-state index in [1.807, 2.05) is 0 Å². The van der Waals surface area contributed by atoms with Gasteiger partial charge in [-0.05, 0) is 0 Å². The Kier molecular flexibility index (Phi) is 2.88. The number of nitrogens with zero attached hydrogens (tertiary/aromatic N) is 3. The van der Waals surface area contributed by atoms with Gasteiger partial charge in [-0.3, -0.25) is 9.36 Å². The second-order valence-corrected chi connectivity index (χ2v) is 4.40. The van der Waals surface area contributed by atoms with Crippen LogP contribution in [0.15, 0.2) is 17.4 Å². The van der Waals surface area contributed by atoms with Crippen LogP contribution in [0, 0.1) is 5.92 Å². The van der Waals surface area contributed by atoms with E-state index in [-0.39, 0.29) is 23.6 Å². The van der Waals surface area contributed by atoms with Gasteiger partial charge in [0.2, 0.25) is 0 Å². The van der Waals surface area contributed by atoms with Crippen molar-refractivity contribution in [2.45, 2.75) is 18.8 Å². The summed E-state index contributed by atoms with van der Waals surface area (Å²) in [5, 5.41) is 9.16. The number of aliphatic hydroxyl groups is 1. The van der Waals surface area contributed by atoms with Crippen LogP contribution in [-0.2, 0) is 9.53 Å². The summed E-state index contributed by atoms with van der Waals surface area (Å²) < 4.78 is 7.20. The number of imidazole rings is 1. The summed E-state index contributed by atoms with van der Waals surface area (Å²) in [4.78, 5) is 33.0. The minimum absolute atomic E-state index is 0.222. The van der Waals surface area contributed by atoms with Crippen LogP contribution in [0.1, 0.15) is 12.6 Å². The number of H-pyrrole nitrogens is 1. The molecule has 0 radical (unpaired) electrons. The molecule has 0 aromatic carbocycles. The highest BCUT2D eigenvalue weighted by molar-refractivity contribution is 5.69. The summed E-state index contributed by atoms with van der Waals surface area (Å²) in [6.07, 6.45) is 2.97. The lowest BCUT2D eigenvalue weighted by molar-refractivity contribution is -0.113. The van der Waals surface area contributed by atoms with Gasteiger partial charge in [-0.1, -0.05) is 0 Å². The van der Waals surface area contributed by atoms with E-state index >= 15 is 0 Å². The van der Waals surface area contributed by atoms with Crippen LogP contribution in [0.3, 0.4) is 0 Å². The van der Waals surface area contributed by atoms with Gasteiger partial charge in [0.05, 0.1) is 25.4 Å². The average Bonchev–Trinajstić information content (AvgIpc) is 3.02. The molecule has 3 atom stereocenters. The lowest BCUT2D eigenvalue weighted by atomic mass is 10.0. The van der Waals surface area contributed by atoms with Crippen LogP contribution in [0.5, 0.6) is 0 Å². The van der Waals surface area contributed by atoms with Crippen LogP contribution < -0.4 is 5.56 Å². The van der Waals surface area contributed by atoms with Gasteiger partial charge < -0.3 is 19.6 Å². The maximum Gasteiger partial charge on any atom is 0.278 e. The quantitative estimate of drug-likeness (QED) is 0.703. The van der Waals surface area contributed by atoms with Gasteiger partial charge in [0.25, 0.3) is 5.56 Å². The highest BCUT2D eigenvalue weighted by Crippen LogP contribution is 2.33. The fraction of sp³-hybridized carbons (Fsp3) is 0.455. The number of carbonyl (C=O) groups excluding carboxylic acids is 1. The zero-order valence-corrected chi connectivity index (χ0v) is 9.89. The number of fused-ring (bicyclic) bond motifs is 1. The molecule has 0 bridgehead atoms. The third kappa shape index (κ3) is 1.85. The normalized spacial score (nSPS) is 26.9. The lowest BCUT2D eigenvalue weighted by Crippen LogP contribution is -2.21. The van der Waals surface area contributed by atoms with Gasteiger partial charge in [0.15, 0.2) is 11.2 Å². The summed E-state index contributed by atoms with van der Waals surface area (Å²) in [5.41, 5.74) is 0.297.